The quantitative estimate of drug-likeness (QED) is 0.817. The van der Waals surface area contributed by atoms with Gasteiger partial charge >= 0.3 is 10.2 Å². The third-order valence-corrected chi connectivity index (χ3v) is 4.72. The minimum absolute atomic E-state index is 0.238. The first-order chi connectivity index (χ1) is 10.9. The number of halogens is 1. The summed E-state index contributed by atoms with van der Waals surface area (Å²) >= 11 is 0. The number of benzene rings is 2. The van der Waals surface area contributed by atoms with Crippen LogP contribution in [0.4, 0.5) is 15.8 Å². The number of hydrogen-bond acceptors (Lipinski definition) is 3. The topological polar surface area (TPSA) is 61.4 Å². The first-order valence-electron chi connectivity index (χ1n) is 7.15. The van der Waals surface area contributed by atoms with Crippen molar-refractivity contribution in [2.45, 2.75) is 6.42 Å². The van der Waals surface area contributed by atoms with E-state index >= 15 is 0 Å². The van der Waals surface area contributed by atoms with E-state index in [-0.39, 0.29) is 5.82 Å². The molecule has 0 saturated heterocycles. The van der Waals surface area contributed by atoms with E-state index in [2.05, 4.69) is 10.0 Å². The molecule has 0 aromatic heterocycles. The summed E-state index contributed by atoms with van der Waals surface area (Å²) in [4.78, 5) is 0. The molecule has 0 saturated carbocycles. The first kappa shape index (κ1) is 17.2. The lowest BCUT2D eigenvalue weighted by atomic mass is 10.1. The molecular formula is C16H20FN3O2S. The van der Waals surface area contributed by atoms with Crippen molar-refractivity contribution in [3.63, 3.8) is 0 Å². The van der Waals surface area contributed by atoms with E-state index < -0.39 is 10.2 Å². The molecule has 7 heteroatoms. The highest BCUT2D eigenvalue weighted by Gasteiger charge is 2.12. The summed E-state index contributed by atoms with van der Waals surface area (Å²) in [6.45, 7) is 0.703. The summed E-state index contributed by atoms with van der Waals surface area (Å²) in [6, 6.07) is 13.4. The lowest BCUT2D eigenvalue weighted by Crippen LogP contribution is -2.28. The van der Waals surface area contributed by atoms with Crippen molar-refractivity contribution < 1.29 is 12.8 Å². The first-order valence-corrected chi connectivity index (χ1v) is 8.59. The molecule has 2 N–H and O–H groups in total. The monoisotopic (exact) mass is 337 g/mol. The molecule has 0 fully saturated rings. The van der Waals surface area contributed by atoms with Crippen molar-refractivity contribution in [3.8, 4) is 0 Å². The van der Waals surface area contributed by atoms with Crippen LogP contribution >= 0.6 is 0 Å². The maximum absolute atomic E-state index is 12.8. The van der Waals surface area contributed by atoms with Gasteiger partial charge < -0.3 is 5.32 Å². The summed E-state index contributed by atoms with van der Waals surface area (Å²) in [6.07, 6.45) is 0.773. The molecule has 0 amide bonds. The van der Waals surface area contributed by atoms with Crippen LogP contribution in [-0.4, -0.2) is 33.4 Å². The average molecular weight is 337 g/mol. The van der Waals surface area contributed by atoms with E-state index in [0.717, 1.165) is 22.0 Å². The summed E-state index contributed by atoms with van der Waals surface area (Å²) < 4.78 is 39.8. The van der Waals surface area contributed by atoms with Crippen molar-refractivity contribution in [1.82, 2.24) is 4.31 Å². The Morgan fingerprint density at radius 3 is 2.09 bits per heavy atom. The van der Waals surface area contributed by atoms with Crippen LogP contribution < -0.4 is 10.0 Å². The highest BCUT2D eigenvalue weighted by Crippen LogP contribution is 2.15. The van der Waals surface area contributed by atoms with Gasteiger partial charge in [-0.1, -0.05) is 12.1 Å². The smallest absolute Gasteiger partial charge is 0.301 e. The third kappa shape index (κ3) is 5.22. The molecule has 2 aromatic carbocycles. The van der Waals surface area contributed by atoms with E-state index in [1.807, 2.05) is 0 Å². The Labute approximate surface area is 136 Å². The van der Waals surface area contributed by atoms with Gasteiger partial charge in [0.2, 0.25) is 0 Å². The van der Waals surface area contributed by atoms with Crippen LogP contribution in [-0.2, 0) is 16.6 Å². The predicted molar refractivity (Wildman–Crippen MR) is 91.3 cm³/mol. The Morgan fingerprint density at radius 2 is 1.52 bits per heavy atom. The number of nitrogens with one attached hydrogen (secondary N) is 2. The largest absolute Gasteiger partial charge is 0.385 e. The molecule has 5 nitrogen and oxygen atoms in total. The van der Waals surface area contributed by atoms with Gasteiger partial charge in [-0.3, -0.25) is 4.72 Å². The Balaban J connectivity index is 1.86. The van der Waals surface area contributed by atoms with Gasteiger partial charge in [0.1, 0.15) is 5.82 Å². The van der Waals surface area contributed by atoms with Gasteiger partial charge in [-0.05, 0) is 48.4 Å². The number of rotatable bonds is 7. The molecule has 0 radical (unpaired) electrons. The van der Waals surface area contributed by atoms with E-state index in [0.29, 0.717) is 12.2 Å². The van der Waals surface area contributed by atoms with Crippen molar-refractivity contribution >= 4 is 21.6 Å². The number of nitrogens with zero attached hydrogens (tertiary/aromatic N) is 1. The second-order valence-electron chi connectivity index (χ2n) is 5.27. The zero-order valence-electron chi connectivity index (χ0n) is 13.1. The average Bonchev–Trinajstić information content (AvgIpc) is 2.50. The van der Waals surface area contributed by atoms with Crippen LogP contribution in [0.15, 0.2) is 48.5 Å². The SMILES string of the molecule is CN(C)S(=O)(=O)Nc1ccc(NCCc2ccc(F)cc2)cc1. The summed E-state index contributed by atoms with van der Waals surface area (Å²) in [5.41, 5.74) is 2.44. The lowest BCUT2D eigenvalue weighted by molar-refractivity contribution is 0.527. The predicted octanol–water partition coefficient (Wildman–Crippen LogP) is 2.70. The van der Waals surface area contributed by atoms with Gasteiger partial charge in [0.05, 0.1) is 0 Å². The fourth-order valence-electron chi connectivity index (χ4n) is 1.90. The summed E-state index contributed by atoms with van der Waals surface area (Å²) in [5, 5.41) is 3.24. The second kappa shape index (κ2) is 7.43. The third-order valence-electron chi connectivity index (χ3n) is 3.27. The van der Waals surface area contributed by atoms with Gasteiger partial charge in [0.15, 0.2) is 0 Å². The van der Waals surface area contributed by atoms with E-state index in [1.165, 1.54) is 26.2 Å². The molecule has 0 unspecified atom stereocenters. The highest BCUT2D eigenvalue weighted by molar-refractivity contribution is 7.90. The number of anilines is 2. The molecule has 0 bridgehead atoms. The van der Waals surface area contributed by atoms with E-state index in [4.69, 9.17) is 0 Å². The standard InChI is InChI=1S/C16H20FN3O2S/c1-20(2)23(21,22)19-16-9-7-15(8-10-16)18-12-11-13-3-5-14(17)6-4-13/h3-10,18-19H,11-12H2,1-2H3. The highest BCUT2D eigenvalue weighted by atomic mass is 32.2. The molecule has 0 aliphatic carbocycles. The maximum Gasteiger partial charge on any atom is 0.301 e. The van der Waals surface area contributed by atoms with Crippen molar-refractivity contribution in [2.24, 2.45) is 0 Å². The van der Waals surface area contributed by atoms with Gasteiger partial charge in [-0.25, -0.2) is 4.39 Å². The van der Waals surface area contributed by atoms with Crippen LogP contribution in [0.3, 0.4) is 0 Å². The molecule has 2 aromatic rings. The van der Waals surface area contributed by atoms with Crippen molar-refractivity contribution in [2.75, 3.05) is 30.7 Å². The minimum atomic E-state index is -3.49. The van der Waals surface area contributed by atoms with Crippen molar-refractivity contribution in [1.29, 1.82) is 0 Å². The van der Waals surface area contributed by atoms with Gasteiger partial charge in [-0.15, -0.1) is 0 Å². The Hall–Kier alpha value is -2.12. The Kier molecular flexibility index (Phi) is 5.57. The molecular weight excluding hydrogens is 317 g/mol. The van der Waals surface area contributed by atoms with Gasteiger partial charge in [0, 0.05) is 32.0 Å². The molecule has 124 valence electrons. The van der Waals surface area contributed by atoms with E-state index in [1.54, 1.807) is 36.4 Å². The molecule has 0 aliphatic rings. The summed E-state index contributed by atoms with van der Waals surface area (Å²) in [7, 11) is -0.556. The fourth-order valence-corrected chi connectivity index (χ4v) is 2.52. The van der Waals surface area contributed by atoms with Crippen LogP contribution in [0.5, 0.6) is 0 Å². The minimum Gasteiger partial charge on any atom is -0.385 e. The van der Waals surface area contributed by atoms with Crippen molar-refractivity contribution in [3.05, 3.63) is 59.9 Å². The van der Waals surface area contributed by atoms with Crippen LogP contribution in [0.2, 0.25) is 0 Å². The molecule has 0 atom stereocenters. The van der Waals surface area contributed by atoms with Gasteiger partial charge in [0.25, 0.3) is 0 Å². The van der Waals surface area contributed by atoms with Gasteiger partial charge in [-0.2, -0.15) is 12.7 Å². The molecule has 0 spiro atoms. The lowest BCUT2D eigenvalue weighted by Gasteiger charge is -2.14. The maximum atomic E-state index is 12.8. The Morgan fingerprint density at radius 1 is 0.957 bits per heavy atom. The normalized spacial score (nSPS) is 11.5. The Bertz CT molecular complexity index is 729. The fraction of sp³-hybridized carbons (Fsp3) is 0.250. The van der Waals surface area contributed by atoms with Crippen LogP contribution in [0.25, 0.3) is 0 Å². The van der Waals surface area contributed by atoms with Crippen LogP contribution in [0.1, 0.15) is 5.56 Å². The zero-order chi connectivity index (χ0) is 16.9. The molecule has 2 rings (SSSR count). The van der Waals surface area contributed by atoms with Crippen LogP contribution in [0, 0.1) is 5.82 Å². The molecule has 23 heavy (non-hydrogen) atoms. The second-order valence-corrected chi connectivity index (χ2v) is 7.15. The summed E-state index contributed by atoms with van der Waals surface area (Å²) in [5.74, 6) is -0.238. The van der Waals surface area contributed by atoms with E-state index in [9.17, 15) is 12.8 Å². The molecule has 0 aliphatic heterocycles. The number of hydrogen-bond donors (Lipinski definition) is 2. The zero-order valence-corrected chi connectivity index (χ0v) is 13.9. The molecule has 0 heterocycles.